The average Bonchev–Trinajstić information content (AvgIpc) is 2.40. The molecule has 1 aromatic rings. The Morgan fingerprint density at radius 3 is 2.55 bits per heavy atom. The van der Waals surface area contributed by atoms with Gasteiger partial charge in [-0.25, -0.2) is 9.59 Å². The van der Waals surface area contributed by atoms with Gasteiger partial charge in [0.1, 0.15) is 0 Å². The number of carboxylic acid groups (broad SMARTS) is 1. The van der Waals surface area contributed by atoms with Crippen molar-refractivity contribution < 1.29 is 24.2 Å². The van der Waals surface area contributed by atoms with Crippen LogP contribution in [0.3, 0.4) is 0 Å². The first kappa shape index (κ1) is 15.5. The van der Waals surface area contributed by atoms with E-state index in [1.165, 1.54) is 25.3 Å². The van der Waals surface area contributed by atoms with Crippen molar-refractivity contribution in [1.29, 1.82) is 0 Å². The van der Waals surface area contributed by atoms with E-state index in [9.17, 15) is 14.4 Å². The van der Waals surface area contributed by atoms with Crippen LogP contribution in [0.5, 0.6) is 0 Å². The number of amides is 2. The minimum atomic E-state index is -1.03. The van der Waals surface area contributed by atoms with Gasteiger partial charge in [0, 0.05) is 12.2 Å². The zero-order valence-corrected chi connectivity index (χ0v) is 11.2. The Hall–Kier alpha value is -2.57. The number of ether oxygens (including phenoxy) is 1. The van der Waals surface area contributed by atoms with Crippen LogP contribution in [0.4, 0.5) is 10.5 Å². The summed E-state index contributed by atoms with van der Waals surface area (Å²) in [7, 11) is 1.27. The summed E-state index contributed by atoms with van der Waals surface area (Å²) in [5.41, 5.74) is 1.29. The average molecular weight is 280 g/mol. The Morgan fingerprint density at radius 2 is 2.00 bits per heavy atom. The van der Waals surface area contributed by atoms with E-state index in [0.29, 0.717) is 11.3 Å². The molecule has 1 rings (SSSR count). The smallest absolute Gasteiger partial charge is 0.335 e. The molecular formula is C13H16N2O5. The molecule has 108 valence electrons. The summed E-state index contributed by atoms with van der Waals surface area (Å²) >= 11 is 0. The van der Waals surface area contributed by atoms with Crippen LogP contribution >= 0.6 is 0 Å². The van der Waals surface area contributed by atoms with Gasteiger partial charge in [0.05, 0.1) is 19.1 Å². The lowest BCUT2D eigenvalue weighted by Crippen LogP contribution is -2.31. The second-order valence-electron chi connectivity index (χ2n) is 4.04. The first-order valence-electron chi connectivity index (χ1n) is 5.89. The van der Waals surface area contributed by atoms with Crippen molar-refractivity contribution in [2.24, 2.45) is 0 Å². The van der Waals surface area contributed by atoms with E-state index in [1.807, 2.05) is 0 Å². The van der Waals surface area contributed by atoms with Crippen LogP contribution in [0.2, 0.25) is 0 Å². The van der Waals surface area contributed by atoms with Gasteiger partial charge in [0.15, 0.2) is 0 Å². The second-order valence-corrected chi connectivity index (χ2v) is 4.04. The fraction of sp³-hybridized carbons (Fsp3) is 0.308. The summed E-state index contributed by atoms with van der Waals surface area (Å²) in [6.07, 6.45) is 0.0842. The number of esters is 1. The van der Waals surface area contributed by atoms with E-state index in [-0.39, 0.29) is 18.5 Å². The summed E-state index contributed by atoms with van der Waals surface area (Å²) in [5.74, 6) is -1.44. The highest BCUT2D eigenvalue weighted by Gasteiger charge is 2.08. The summed E-state index contributed by atoms with van der Waals surface area (Å²) < 4.78 is 4.44. The van der Waals surface area contributed by atoms with E-state index in [2.05, 4.69) is 15.4 Å². The Labute approximate surface area is 115 Å². The zero-order chi connectivity index (χ0) is 15.1. The van der Waals surface area contributed by atoms with Crippen LogP contribution in [0.1, 0.15) is 22.3 Å². The molecule has 7 nitrogen and oxygen atoms in total. The fourth-order valence-electron chi connectivity index (χ4n) is 1.48. The number of rotatable bonds is 5. The standard InChI is InChI=1S/C13H16N2O5/c1-8-7-9(12(17)18)3-4-10(8)15-13(19)14-6-5-11(16)20-2/h3-4,7H,5-6H2,1-2H3,(H,17,18)(H2,14,15,19). The molecule has 0 aliphatic heterocycles. The third-order valence-electron chi connectivity index (χ3n) is 2.56. The number of carbonyl (C=O) groups excluding carboxylic acids is 2. The molecule has 0 heterocycles. The van der Waals surface area contributed by atoms with E-state index in [4.69, 9.17) is 5.11 Å². The number of aryl methyl sites for hydroxylation is 1. The topological polar surface area (TPSA) is 105 Å². The highest BCUT2D eigenvalue weighted by Crippen LogP contribution is 2.16. The van der Waals surface area contributed by atoms with Crippen LogP contribution in [-0.4, -0.2) is 36.7 Å². The molecule has 0 aromatic heterocycles. The van der Waals surface area contributed by atoms with E-state index in [1.54, 1.807) is 6.92 Å². The van der Waals surface area contributed by atoms with Gasteiger partial charge in [-0.05, 0) is 30.7 Å². The van der Waals surface area contributed by atoms with Gasteiger partial charge < -0.3 is 20.5 Å². The fourth-order valence-corrected chi connectivity index (χ4v) is 1.48. The number of carboxylic acids is 1. The van der Waals surface area contributed by atoms with Gasteiger partial charge in [0.25, 0.3) is 0 Å². The third-order valence-corrected chi connectivity index (χ3v) is 2.56. The molecule has 0 radical (unpaired) electrons. The van der Waals surface area contributed by atoms with Gasteiger partial charge in [-0.15, -0.1) is 0 Å². The molecule has 3 N–H and O–H groups in total. The Kier molecular flexibility index (Phi) is 5.52. The first-order chi connectivity index (χ1) is 9.43. The van der Waals surface area contributed by atoms with Crippen LogP contribution in [0.15, 0.2) is 18.2 Å². The highest BCUT2D eigenvalue weighted by molar-refractivity contribution is 5.92. The predicted octanol–water partition coefficient (Wildman–Crippen LogP) is 1.38. The first-order valence-corrected chi connectivity index (χ1v) is 5.89. The minimum Gasteiger partial charge on any atom is -0.478 e. The third kappa shape index (κ3) is 4.60. The van der Waals surface area contributed by atoms with E-state index in [0.717, 1.165) is 0 Å². The summed E-state index contributed by atoms with van der Waals surface area (Å²) in [6, 6.07) is 3.91. The van der Waals surface area contributed by atoms with Gasteiger partial charge in [0.2, 0.25) is 0 Å². The van der Waals surface area contributed by atoms with E-state index < -0.39 is 18.0 Å². The number of urea groups is 1. The number of carbonyl (C=O) groups is 3. The van der Waals surface area contributed by atoms with Gasteiger partial charge >= 0.3 is 18.0 Å². The molecule has 2 amide bonds. The lowest BCUT2D eigenvalue weighted by Gasteiger charge is -2.10. The molecule has 0 aliphatic rings. The second kappa shape index (κ2) is 7.13. The van der Waals surface area contributed by atoms with Gasteiger partial charge in [-0.2, -0.15) is 0 Å². The molecule has 20 heavy (non-hydrogen) atoms. The molecule has 0 spiro atoms. The lowest BCUT2D eigenvalue weighted by molar-refractivity contribution is -0.140. The van der Waals surface area contributed by atoms with Crippen molar-refractivity contribution in [2.75, 3.05) is 19.0 Å². The van der Waals surface area contributed by atoms with Crippen molar-refractivity contribution >= 4 is 23.7 Å². The number of methoxy groups -OCH3 is 1. The minimum absolute atomic E-state index is 0.0842. The quantitative estimate of drug-likeness (QED) is 0.707. The molecule has 0 fully saturated rings. The van der Waals surface area contributed by atoms with Crippen LogP contribution < -0.4 is 10.6 Å². The number of nitrogens with one attached hydrogen (secondary N) is 2. The zero-order valence-electron chi connectivity index (χ0n) is 11.2. The molecule has 0 saturated carbocycles. The normalized spacial score (nSPS) is 9.70. The maximum Gasteiger partial charge on any atom is 0.335 e. The summed E-state index contributed by atoms with van der Waals surface area (Å²) in [5, 5.41) is 13.9. The largest absolute Gasteiger partial charge is 0.478 e. The number of anilines is 1. The predicted molar refractivity (Wildman–Crippen MR) is 71.8 cm³/mol. The molecule has 0 atom stereocenters. The van der Waals surface area contributed by atoms with Crippen molar-refractivity contribution in [2.45, 2.75) is 13.3 Å². The van der Waals surface area contributed by atoms with Crippen LogP contribution in [-0.2, 0) is 9.53 Å². The lowest BCUT2D eigenvalue weighted by atomic mass is 10.1. The van der Waals surface area contributed by atoms with Crippen molar-refractivity contribution in [1.82, 2.24) is 5.32 Å². The van der Waals surface area contributed by atoms with E-state index >= 15 is 0 Å². The number of benzene rings is 1. The van der Waals surface area contributed by atoms with Crippen LogP contribution in [0, 0.1) is 6.92 Å². The van der Waals surface area contributed by atoms with Crippen molar-refractivity contribution in [3.05, 3.63) is 29.3 Å². The summed E-state index contributed by atoms with van der Waals surface area (Å²) in [6.45, 7) is 1.85. The van der Waals surface area contributed by atoms with Crippen molar-refractivity contribution in [3.63, 3.8) is 0 Å². The number of aromatic carboxylic acids is 1. The Morgan fingerprint density at radius 1 is 1.30 bits per heavy atom. The molecule has 0 unspecified atom stereocenters. The SMILES string of the molecule is COC(=O)CCNC(=O)Nc1ccc(C(=O)O)cc1C. The molecular weight excluding hydrogens is 264 g/mol. The summed E-state index contributed by atoms with van der Waals surface area (Å²) in [4.78, 5) is 33.2. The van der Waals surface area contributed by atoms with Gasteiger partial charge in [-0.3, -0.25) is 4.79 Å². The number of hydrogen-bond donors (Lipinski definition) is 3. The Balaban J connectivity index is 2.54. The maximum absolute atomic E-state index is 11.6. The molecule has 0 saturated heterocycles. The van der Waals surface area contributed by atoms with Crippen molar-refractivity contribution in [3.8, 4) is 0 Å². The molecule has 0 aliphatic carbocycles. The maximum atomic E-state index is 11.6. The Bertz CT molecular complexity index is 527. The highest BCUT2D eigenvalue weighted by atomic mass is 16.5. The molecule has 0 bridgehead atoms. The molecule has 7 heteroatoms. The monoisotopic (exact) mass is 280 g/mol. The van der Waals surface area contributed by atoms with Crippen LogP contribution in [0.25, 0.3) is 0 Å². The molecule has 1 aromatic carbocycles. The van der Waals surface area contributed by atoms with Gasteiger partial charge in [-0.1, -0.05) is 0 Å². The number of hydrogen-bond acceptors (Lipinski definition) is 4.